The predicted molar refractivity (Wildman–Crippen MR) is 112 cm³/mol. The number of carbonyl (C=O) groups excluding carboxylic acids is 1. The van der Waals surface area contributed by atoms with Gasteiger partial charge in [0.05, 0.1) is 5.75 Å². The summed E-state index contributed by atoms with van der Waals surface area (Å²) in [7, 11) is -1.53. The van der Waals surface area contributed by atoms with Crippen LogP contribution in [-0.4, -0.2) is 92.6 Å². The van der Waals surface area contributed by atoms with Crippen LogP contribution in [0.2, 0.25) is 0 Å². The number of nitrogens with one attached hydrogen (secondary N) is 2. The Morgan fingerprint density at radius 3 is 2.37 bits per heavy atom. The molecule has 0 atom stereocenters. The van der Waals surface area contributed by atoms with Crippen LogP contribution >= 0.6 is 11.8 Å². The molecule has 2 fully saturated rings. The van der Waals surface area contributed by atoms with Crippen molar-refractivity contribution < 1.29 is 13.2 Å². The number of likely N-dealkylation sites (tertiary alicyclic amines) is 1. The van der Waals surface area contributed by atoms with Crippen molar-refractivity contribution in [3.63, 3.8) is 0 Å². The van der Waals surface area contributed by atoms with E-state index in [9.17, 15) is 13.2 Å². The third-order valence-corrected chi connectivity index (χ3v) is 7.70. The Balaban J connectivity index is 1.72. The van der Waals surface area contributed by atoms with Crippen molar-refractivity contribution in [2.75, 3.05) is 57.0 Å². The van der Waals surface area contributed by atoms with E-state index in [-0.39, 0.29) is 23.6 Å². The first-order valence-corrected chi connectivity index (χ1v) is 12.4. The normalized spacial score (nSPS) is 20.7. The fourth-order valence-corrected chi connectivity index (χ4v) is 5.74. The fourth-order valence-electron chi connectivity index (χ4n) is 3.25. The van der Waals surface area contributed by atoms with Crippen LogP contribution in [0.4, 0.5) is 0 Å². The number of carbonyl (C=O) groups is 1. The van der Waals surface area contributed by atoms with Crippen LogP contribution < -0.4 is 10.6 Å². The highest BCUT2D eigenvalue weighted by Gasteiger charge is 2.26. The van der Waals surface area contributed by atoms with E-state index in [1.165, 1.54) is 0 Å². The molecule has 0 unspecified atom stereocenters. The van der Waals surface area contributed by atoms with Gasteiger partial charge in [0.1, 0.15) is 0 Å². The first kappa shape index (κ1) is 22.3. The maximum Gasteiger partial charge on any atom is 0.225 e. The highest BCUT2D eigenvalue weighted by atomic mass is 32.2. The number of sulfonamides is 1. The lowest BCUT2D eigenvalue weighted by atomic mass is 10.0. The molecule has 0 saturated carbocycles. The average Bonchev–Trinajstić information content (AvgIpc) is 2.67. The van der Waals surface area contributed by atoms with Gasteiger partial charge in [0.2, 0.25) is 15.9 Å². The molecule has 0 aromatic carbocycles. The first-order valence-electron chi connectivity index (χ1n) is 9.65. The SMILES string of the molecule is CN=C(NCCS(=O)(=O)N1CCSCC1)NC1CCN(C(=O)C(C)C)CC1. The molecule has 0 aromatic rings. The van der Waals surface area contributed by atoms with Crippen LogP contribution in [0.25, 0.3) is 0 Å². The Morgan fingerprint density at radius 1 is 1.19 bits per heavy atom. The number of amides is 1. The predicted octanol–water partition coefficient (Wildman–Crippen LogP) is 0.177. The Morgan fingerprint density at radius 2 is 1.81 bits per heavy atom. The molecule has 2 N–H and O–H groups in total. The molecule has 10 heteroatoms. The topological polar surface area (TPSA) is 94.1 Å². The average molecular weight is 420 g/mol. The van der Waals surface area contributed by atoms with E-state index in [1.54, 1.807) is 23.1 Å². The van der Waals surface area contributed by atoms with E-state index in [0.29, 0.717) is 25.6 Å². The molecule has 0 bridgehead atoms. The van der Waals surface area contributed by atoms with E-state index in [1.807, 2.05) is 18.7 Å². The van der Waals surface area contributed by atoms with Crippen LogP contribution in [0, 0.1) is 5.92 Å². The van der Waals surface area contributed by atoms with Gasteiger partial charge in [-0.25, -0.2) is 12.7 Å². The van der Waals surface area contributed by atoms with Gasteiger partial charge < -0.3 is 15.5 Å². The van der Waals surface area contributed by atoms with E-state index in [4.69, 9.17) is 0 Å². The number of hydrogen-bond donors (Lipinski definition) is 2. The number of aliphatic imine (C=N–C) groups is 1. The summed E-state index contributed by atoms with van der Waals surface area (Å²) in [6.45, 7) is 6.88. The van der Waals surface area contributed by atoms with E-state index in [2.05, 4.69) is 15.6 Å². The monoisotopic (exact) mass is 419 g/mol. The van der Waals surface area contributed by atoms with Gasteiger partial charge in [-0.05, 0) is 12.8 Å². The molecular weight excluding hydrogens is 386 g/mol. The van der Waals surface area contributed by atoms with Gasteiger partial charge in [0.15, 0.2) is 5.96 Å². The van der Waals surface area contributed by atoms with Crippen LogP contribution in [0.15, 0.2) is 4.99 Å². The summed E-state index contributed by atoms with van der Waals surface area (Å²) >= 11 is 1.79. The molecule has 2 heterocycles. The Hall–Kier alpha value is -1.00. The molecule has 1 amide bonds. The molecule has 2 saturated heterocycles. The van der Waals surface area contributed by atoms with Crippen LogP contribution in [0.3, 0.4) is 0 Å². The van der Waals surface area contributed by atoms with Crippen molar-refractivity contribution >= 4 is 33.7 Å². The smallest absolute Gasteiger partial charge is 0.225 e. The summed E-state index contributed by atoms with van der Waals surface area (Å²) in [5.41, 5.74) is 0. The van der Waals surface area contributed by atoms with Crippen molar-refractivity contribution in [2.24, 2.45) is 10.9 Å². The van der Waals surface area contributed by atoms with Gasteiger partial charge in [0.25, 0.3) is 0 Å². The summed E-state index contributed by atoms with van der Waals surface area (Å²) in [5, 5.41) is 6.46. The lowest BCUT2D eigenvalue weighted by molar-refractivity contribution is -0.135. The summed E-state index contributed by atoms with van der Waals surface area (Å²) < 4.78 is 26.3. The van der Waals surface area contributed by atoms with Crippen LogP contribution in [-0.2, 0) is 14.8 Å². The van der Waals surface area contributed by atoms with Crippen LogP contribution in [0.5, 0.6) is 0 Å². The molecule has 2 aliphatic rings. The maximum atomic E-state index is 12.4. The number of piperidine rings is 1. The van der Waals surface area contributed by atoms with Crippen LogP contribution in [0.1, 0.15) is 26.7 Å². The van der Waals surface area contributed by atoms with Gasteiger partial charge in [0, 0.05) is 63.2 Å². The fraction of sp³-hybridized carbons (Fsp3) is 0.882. The molecule has 0 aliphatic carbocycles. The van der Waals surface area contributed by atoms with Crippen molar-refractivity contribution in [3.05, 3.63) is 0 Å². The van der Waals surface area contributed by atoms with Crippen molar-refractivity contribution in [3.8, 4) is 0 Å². The van der Waals surface area contributed by atoms with E-state index < -0.39 is 10.0 Å². The molecular formula is C17H33N5O3S2. The lowest BCUT2D eigenvalue weighted by Crippen LogP contribution is -2.51. The van der Waals surface area contributed by atoms with Gasteiger partial charge in [-0.3, -0.25) is 9.79 Å². The molecule has 2 aliphatic heterocycles. The standard InChI is InChI=1S/C17H33N5O3S2/c1-14(2)16(23)21-7-4-15(5-8-21)20-17(18-3)19-6-13-27(24,25)22-9-11-26-12-10-22/h14-15H,4-13H2,1-3H3,(H2,18,19,20). The quantitative estimate of drug-likeness (QED) is 0.471. The zero-order valence-corrected chi connectivity index (χ0v) is 18.2. The second-order valence-electron chi connectivity index (χ2n) is 7.23. The van der Waals surface area contributed by atoms with Gasteiger partial charge in [-0.2, -0.15) is 11.8 Å². The zero-order chi connectivity index (χ0) is 19.9. The van der Waals surface area contributed by atoms with Gasteiger partial charge in [-0.15, -0.1) is 0 Å². The minimum absolute atomic E-state index is 0.0318. The number of thioether (sulfide) groups is 1. The highest BCUT2D eigenvalue weighted by molar-refractivity contribution is 7.99. The third-order valence-electron chi connectivity index (χ3n) is 4.88. The van der Waals surface area contributed by atoms with Crippen molar-refractivity contribution in [2.45, 2.75) is 32.7 Å². The first-order chi connectivity index (χ1) is 12.8. The van der Waals surface area contributed by atoms with Gasteiger partial charge >= 0.3 is 0 Å². The summed E-state index contributed by atoms with van der Waals surface area (Å²) in [5.74, 6) is 2.66. The Kier molecular flexibility index (Phi) is 8.68. The molecule has 0 aromatic heterocycles. The molecule has 8 nitrogen and oxygen atoms in total. The summed E-state index contributed by atoms with van der Waals surface area (Å²) in [6, 6.07) is 0.239. The number of rotatable bonds is 6. The highest BCUT2D eigenvalue weighted by Crippen LogP contribution is 2.14. The number of nitrogens with zero attached hydrogens (tertiary/aromatic N) is 3. The van der Waals surface area contributed by atoms with Gasteiger partial charge in [-0.1, -0.05) is 13.8 Å². The molecule has 2 rings (SSSR count). The second kappa shape index (κ2) is 10.5. The largest absolute Gasteiger partial charge is 0.355 e. The Bertz CT molecular complexity index is 610. The van der Waals surface area contributed by atoms with E-state index in [0.717, 1.165) is 37.4 Å². The molecule has 0 spiro atoms. The minimum Gasteiger partial charge on any atom is -0.355 e. The maximum absolute atomic E-state index is 12.4. The van der Waals surface area contributed by atoms with Crippen molar-refractivity contribution in [1.29, 1.82) is 0 Å². The summed E-state index contributed by atoms with van der Waals surface area (Å²) in [4.78, 5) is 18.2. The summed E-state index contributed by atoms with van der Waals surface area (Å²) in [6.07, 6.45) is 1.73. The number of hydrogen-bond acceptors (Lipinski definition) is 5. The number of guanidine groups is 1. The third kappa shape index (κ3) is 6.83. The Labute approximate surface area is 167 Å². The zero-order valence-electron chi connectivity index (χ0n) is 16.6. The van der Waals surface area contributed by atoms with E-state index >= 15 is 0 Å². The molecule has 27 heavy (non-hydrogen) atoms. The van der Waals surface area contributed by atoms with Crippen molar-refractivity contribution in [1.82, 2.24) is 19.8 Å². The lowest BCUT2D eigenvalue weighted by Gasteiger charge is -2.34. The second-order valence-corrected chi connectivity index (χ2v) is 10.5. The molecule has 156 valence electrons. The molecule has 0 radical (unpaired) electrons. The minimum atomic E-state index is -3.21.